The average Bonchev–Trinajstić information content (AvgIpc) is 1.04. The van der Waals surface area contributed by atoms with E-state index in [-0.39, 0.29) is 38.6 Å². The molecule has 0 aliphatic carbocycles. The maximum atomic E-state index is 12.8. The second kappa shape index (κ2) is 85.1. The lowest BCUT2D eigenvalue weighted by Gasteiger charge is -2.19. The fourth-order valence-corrected chi connectivity index (χ4v) is 13.0. The van der Waals surface area contributed by atoms with E-state index in [1.54, 1.807) is 0 Å². The lowest BCUT2D eigenvalue weighted by molar-refractivity contribution is -0.161. The maximum Gasteiger partial charge on any atom is 0.472 e. The van der Waals surface area contributed by atoms with E-state index in [9.17, 15) is 19.0 Å². The summed E-state index contributed by atoms with van der Waals surface area (Å²) in [6, 6.07) is 0. The van der Waals surface area contributed by atoms with E-state index in [1.165, 1.54) is 263 Å². The molecule has 0 aromatic rings. The van der Waals surface area contributed by atoms with E-state index in [2.05, 4.69) is 148 Å². The number of esters is 2. The fourth-order valence-electron chi connectivity index (χ4n) is 12.3. The van der Waals surface area contributed by atoms with Gasteiger partial charge in [0, 0.05) is 19.4 Å². The molecule has 0 aliphatic rings. The lowest BCUT2D eigenvalue weighted by atomic mass is 10.0. The minimum Gasteiger partial charge on any atom is -0.462 e. The van der Waals surface area contributed by atoms with Crippen LogP contribution >= 0.6 is 7.82 Å². The van der Waals surface area contributed by atoms with Gasteiger partial charge in [0.1, 0.15) is 6.61 Å². The highest BCUT2D eigenvalue weighted by Gasteiger charge is 2.26. The number of nitrogens with two attached hydrogens (primary N) is 1. The van der Waals surface area contributed by atoms with Crippen molar-refractivity contribution in [2.75, 3.05) is 26.4 Å². The van der Waals surface area contributed by atoms with E-state index in [0.29, 0.717) is 6.42 Å². The molecular formula is C91H160NO8P. The summed E-state index contributed by atoms with van der Waals surface area (Å²) < 4.78 is 33.3. The maximum absolute atomic E-state index is 12.8. The Bertz CT molecular complexity index is 2130. The largest absolute Gasteiger partial charge is 0.472 e. The van der Waals surface area contributed by atoms with Crippen molar-refractivity contribution < 1.29 is 37.6 Å². The molecule has 0 amide bonds. The second-order valence-electron chi connectivity index (χ2n) is 28.3. The quantitative estimate of drug-likeness (QED) is 0.0264. The summed E-state index contributed by atoms with van der Waals surface area (Å²) in [7, 11) is -4.40. The molecule has 0 heterocycles. The summed E-state index contributed by atoms with van der Waals surface area (Å²) in [5.74, 6) is -0.813. The molecule has 0 saturated heterocycles. The van der Waals surface area contributed by atoms with Gasteiger partial charge in [0.15, 0.2) is 6.10 Å². The molecule has 0 aromatic carbocycles. The Morgan fingerprint density at radius 2 is 0.545 bits per heavy atom. The Morgan fingerprint density at radius 1 is 0.307 bits per heavy atom. The highest BCUT2D eigenvalue weighted by atomic mass is 31.2. The number of unbranched alkanes of at least 4 members (excludes halogenated alkanes) is 45. The van der Waals surface area contributed by atoms with Crippen molar-refractivity contribution in [3.05, 3.63) is 134 Å². The number of hydrogen-bond donors (Lipinski definition) is 2. The number of phosphoric ester groups is 1. The third-order valence-electron chi connectivity index (χ3n) is 18.5. The molecule has 0 aromatic heterocycles. The van der Waals surface area contributed by atoms with Crippen molar-refractivity contribution in [2.24, 2.45) is 5.73 Å². The minimum absolute atomic E-state index is 0.0514. The predicted molar refractivity (Wildman–Crippen MR) is 441 cm³/mol. The van der Waals surface area contributed by atoms with Gasteiger partial charge in [-0.1, -0.05) is 404 Å². The first kappa shape index (κ1) is 97.2. The van der Waals surface area contributed by atoms with Crippen LogP contribution < -0.4 is 5.73 Å². The van der Waals surface area contributed by atoms with E-state index < -0.39 is 26.5 Å². The summed E-state index contributed by atoms with van der Waals surface area (Å²) in [5, 5.41) is 0. The molecule has 0 fully saturated rings. The zero-order valence-electron chi connectivity index (χ0n) is 65.9. The van der Waals surface area contributed by atoms with Crippen molar-refractivity contribution in [1.82, 2.24) is 0 Å². The van der Waals surface area contributed by atoms with Crippen LogP contribution in [-0.4, -0.2) is 49.3 Å². The van der Waals surface area contributed by atoms with Crippen LogP contribution in [0.15, 0.2) is 134 Å². The summed E-state index contributed by atoms with van der Waals surface area (Å²) in [6.07, 6.45) is 122. The molecule has 2 atom stereocenters. The lowest BCUT2D eigenvalue weighted by Crippen LogP contribution is -2.29. The Hall–Kier alpha value is -3.85. The van der Waals surface area contributed by atoms with Gasteiger partial charge in [-0.15, -0.1) is 0 Å². The zero-order valence-corrected chi connectivity index (χ0v) is 66.8. The molecule has 0 aliphatic heterocycles. The van der Waals surface area contributed by atoms with Gasteiger partial charge < -0.3 is 20.1 Å². The number of allylic oxidation sites excluding steroid dienone is 22. The Kier molecular flexibility index (Phi) is 81.8. The van der Waals surface area contributed by atoms with Gasteiger partial charge in [0.05, 0.1) is 13.2 Å². The fraction of sp³-hybridized carbons (Fsp3) is 0.736. The summed E-state index contributed by atoms with van der Waals surface area (Å²) in [6.45, 7) is 3.67. The standard InChI is InChI=1S/C91H160NO8P/c1-3-5-7-9-11-13-15-17-19-21-23-25-27-29-31-33-35-37-39-41-43-44-46-48-50-52-54-56-58-60-62-64-66-68-70-72-74-76-78-80-82-84-91(94)100-89(88-99-101(95,96)98-86-85-92)87-97-90(93)83-81-79-77-75-73-71-69-67-65-63-61-59-57-55-53-51-49-47-45-42-40-38-36-34-32-30-28-26-24-22-20-18-16-14-12-10-8-6-4-2/h5,7,11,13,16-19,22-25,28-31,35,37,41,43,46,48,89H,3-4,6,8-10,12,14-15,20-21,26-27,32-34,36,38-40,42,44-45,47,49-88,92H2,1-2H3,(H,95,96)/b7-5-,13-11-,18-16-,19-17-,24-22-,25-23-,30-28-,31-29-,37-35-,43-41-,48-46-. The molecule has 3 N–H and O–H groups in total. The van der Waals surface area contributed by atoms with Crippen molar-refractivity contribution in [2.45, 2.75) is 405 Å². The molecule has 101 heavy (non-hydrogen) atoms. The van der Waals surface area contributed by atoms with Crippen LogP contribution in [0.2, 0.25) is 0 Å². The monoisotopic (exact) mass is 1430 g/mol. The number of carbonyl (C=O) groups excluding carboxylic acids is 2. The van der Waals surface area contributed by atoms with Crippen LogP contribution in [0.1, 0.15) is 399 Å². The van der Waals surface area contributed by atoms with Crippen LogP contribution in [0.4, 0.5) is 0 Å². The van der Waals surface area contributed by atoms with E-state index in [4.69, 9.17) is 24.3 Å². The first-order valence-electron chi connectivity index (χ1n) is 42.7. The molecule has 0 spiro atoms. The normalized spacial score (nSPS) is 13.5. The van der Waals surface area contributed by atoms with Gasteiger partial charge >= 0.3 is 19.8 Å². The topological polar surface area (TPSA) is 134 Å². The van der Waals surface area contributed by atoms with Gasteiger partial charge in [-0.05, 0) is 116 Å². The highest BCUT2D eigenvalue weighted by molar-refractivity contribution is 7.47. The molecule has 9 nitrogen and oxygen atoms in total. The number of rotatable bonds is 80. The molecule has 2 unspecified atom stereocenters. The number of hydrogen-bond acceptors (Lipinski definition) is 8. The van der Waals surface area contributed by atoms with Crippen molar-refractivity contribution in [3.63, 3.8) is 0 Å². The highest BCUT2D eigenvalue weighted by Crippen LogP contribution is 2.43. The van der Waals surface area contributed by atoms with Crippen LogP contribution in [0, 0.1) is 0 Å². The average molecular weight is 1430 g/mol. The summed E-state index contributed by atoms with van der Waals surface area (Å²) in [4.78, 5) is 35.5. The van der Waals surface area contributed by atoms with Crippen LogP contribution in [0.25, 0.3) is 0 Å². The third kappa shape index (κ3) is 85.0. The number of carbonyl (C=O) groups is 2. The van der Waals surface area contributed by atoms with Gasteiger partial charge in [0.2, 0.25) is 0 Å². The van der Waals surface area contributed by atoms with Crippen LogP contribution in [0.3, 0.4) is 0 Å². The van der Waals surface area contributed by atoms with Crippen LogP contribution in [-0.2, 0) is 32.7 Å². The Labute approximate surface area is 624 Å². The van der Waals surface area contributed by atoms with Crippen molar-refractivity contribution in [3.8, 4) is 0 Å². The number of ether oxygens (including phenoxy) is 2. The predicted octanol–water partition coefficient (Wildman–Crippen LogP) is 29.1. The van der Waals surface area contributed by atoms with E-state index in [1.807, 2.05) is 0 Å². The van der Waals surface area contributed by atoms with E-state index >= 15 is 0 Å². The first-order chi connectivity index (χ1) is 49.8. The smallest absolute Gasteiger partial charge is 0.462 e. The molecule has 0 bridgehead atoms. The first-order valence-corrected chi connectivity index (χ1v) is 44.2. The second-order valence-corrected chi connectivity index (χ2v) is 29.8. The van der Waals surface area contributed by atoms with Gasteiger partial charge in [-0.25, -0.2) is 4.57 Å². The zero-order chi connectivity index (χ0) is 72.9. The SMILES string of the molecule is CC/C=C\C/C=C\C/C=C\C/C=C\C/C=C\C/C=C\C/C=C\C/C=C\CCCCCCCCCCCCCCCCCCC(=O)OC(COC(=O)CCCCCCCCCCCCCCCCCCCCCCCCCC/C=C\C/C=C\C/C=C\CCCCCCC)COP(=O)(O)OCCN. The minimum atomic E-state index is -4.40. The van der Waals surface area contributed by atoms with E-state index in [0.717, 1.165) is 103 Å². The summed E-state index contributed by atoms with van der Waals surface area (Å²) in [5.41, 5.74) is 5.42. The molecular weight excluding hydrogens is 1270 g/mol. The Morgan fingerprint density at radius 3 is 0.812 bits per heavy atom. The molecule has 0 radical (unpaired) electrons. The summed E-state index contributed by atoms with van der Waals surface area (Å²) >= 11 is 0. The molecule has 10 heteroatoms. The van der Waals surface area contributed by atoms with Crippen molar-refractivity contribution >= 4 is 19.8 Å². The van der Waals surface area contributed by atoms with Crippen molar-refractivity contribution in [1.29, 1.82) is 0 Å². The molecule has 582 valence electrons. The van der Waals surface area contributed by atoms with Crippen LogP contribution in [0.5, 0.6) is 0 Å². The van der Waals surface area contributed by atoms with Gasteiger partial charge in [0.25, 0.3) is 0 Å². The number of phosphoric acid groups is 1. The third-order valence-corrected chi connectivity index (χ3v) is 19.5. The molecule has 0 saturated carbocycles. The molecule has 0 rings (SSSR count). The Balaban J connectivity index is 3.79. The van der Waals surface area contributed by atoms with Gasteiger partial charge in [-0.2, -0.15) is 0 Å². The van der Waals surface area contributed by atoms with Gasteiger partial charge in [-0.3, -0.25) is 18.6 Å².